The van der Waals surface area contributed by atoms with Crippen molar-refractivity contribution < 1.29 is 23.5 Å². The second-order valence-corrected chi connectivity index (χ2v) is 3.62. The van der Waals surface area contributed by atoms with Crippen molar-refractivity contribution in [1.82, 2.24) is 0 Å². The molecule has 0 spiro atoms. The van der Waals surface area contributed by atoms with Crippen LogP contribution in [0, 0.1) is 11.6 Å². The third-order valence-corrected chi connectivity index (χ3v) is 2.33. The van der Waals surface area contributed by atoms with Gasteiger partial charge in [0.15, 0.2) is 11.6 Å². The first-order chi connectivity index (χ1) is 8.36. The number of carbonyl (C=O) groups excluding carboxylic acids is 1. The van der Waals surface area contributed by atoms with Crippen LogP contribution in [0.25, 0.3) is 0 Å². The van der Waals surface area contributed by atoms with Crippen molar-refractivity contribution in [3.05, 3.63) is 29.3 Å². The van der Waals surface area contributed by atoms with E-state index in [0.29, 0.717) is 18.6 Å². The zero-order valence-corrected chi connectivity index (χ0v) is 9.54. The van der Waals surface area contributed by atoms with Gasteiger partial charge >= 0.3 is 5.97 Å². The van der Waals surface area contributed by atoms with Crippen molar-refractivity contribution in [3.63, 3.8) is 0 Å². The number of carbonyl (C=O) groups is 2. The van der Waals surface area contributed by atoms with Crippen LogP contribution in [0.1, 0.15) is 23.7 Å². The summed E-state index contributed by atoms with van der Waals surface area (Å²) in [6, 6.07) is 0.267. The quantitative estimate of drug-likeness (QED) is 0.759. The molecule has 1 aromatic rings. The van der Waals surface area contributed by atoms with E-state index in [9.17, 15) is 18.4 Å². The van der Waals surface area contributed by atoms with Crippen molar-refractivity contribution in [2.24, 2.45) is 5.73 Å². The van der Waals surface area contributed by atoms with E-state index in [1.54, 1.807) is 6.92 Å². The lowest BCUT2D eigenvalue weighted by molar-refractivity contribution is -0.117. The summed E-state index contributed by atoms with van der Waals surface area (Å²) >= 11 is 0. The highest BCUT2D eigenvalue weighted by Crippen LogP contribution is 2.20. The highest BCUT2D eigenvalue weighted by Gasteiger charge is 2.19. The number of amides is 1. The molecule has 0 unspecified atom stereocenters. The van der Waals surface area contributed by atoms with Crippen molar-refractivity contribution in [2.75, 3.05) is 5.32 Å². The number of aromatic carboxylic acids is 1. The highest BCUT2D eigenvalue weighted by atomic mass is 19.2. The van der Waals surface area contributed by atoms with Crippen LogP contribution < -0.4 is 11.1 Å². The topological polar surface area (TPSA) is 92.4 Å². The molecule has 0 aliphatic rings. The fourth-order valence-electron chi connectivity index (χ4n) is 1.24. The van der Waals surface area contributed by atoms with Gasteiger partial charge in [-0.05, 0) is 12.5 Å². The van der Waals surface area contributed by atoms with Gasteiger partial charge in [0.2, 0.25) is 5.91 Å². The lowest BCUT2D eigenvalue weighted by atomic mass is 10.1. The third kappa shape index (κ3) is 3.01. The van der Waals surface area contributed by atoms with E-state index in [0.717, 1.165) is 0 Å². The monoisotopic (exact) mass is 258 g/mol. The van der Waals surface area contributed by atoms with Crippen LogP contribution in [0.3, 0.4) is 0 Å². The number of hydrogen-bond acceptors (Lipinski definition) is 3. The van der Waals surface area contributed by atoms with Crippen molar-refractivity contribution >= 4 is 17.6 Å². The highest BCUT2D eigenvalue weighted by molar-refractivity contribution is 6.02. The summed E-state index contributed by atoms with van der Waals surface area (Å²) in [7, 11) is 0. The molecule has 7 heteroatoms. The normalized spacial score (nSPS) is 12.0. The Labute approximate surface area is 102 Å². The Morgan fingerprint density at radius 3 is 2.44 bits per heavy atom. The Morgan fingerprint density at radius 2 is 1.94 bits per heavy atom. The van der Waals surface area contributed by atoms with Gasteiger partial charge in [0.05, 0.1) is 17.3 Å². The SMILES string of the molecule is CC[C@H](N)C(=O)Nc1cc(F)c(F)cc1C(=O)O. The summed E-state index contributed by atoms with van der Waals surface area (Å²) in [5, 5.41) is 11.0. The Kier molecular flexibility index (Phi) is 4.33. The summed E-state index contributed by atoms with van der Waals surface area (Å²) in [4.78, 5) is 22.3. The summed E-state index contributed by atoms with van der Waals surface area (Å²) in [6.07, 6.45) is 0.331. The number of halogens is 2. The molecule has 0 aromatic heterocycles. The number of anilines is 1. The fraction of sp³-hybridized carbons (Fsp3) is 0.273. The van der Waals surface area contributed by atoms with Crippen LogP contribution >= 0.6 is 0 Å². The Balaban J connectivity index is 3.11. The van der Waals surface area contributed by atoms with Crippen LogP contribution in [0.5, 0.6) is 0 Å². The molecule has 0 fully saturated rings. The van der Waals surface area contributed by atoms with E-state index >= 15 is 0 Å². The van der Waals surface area contributed by atoms with Crippen LogP contribution in [0.2, 0.25) is 0 Å². The number of carboxylic acid groups (broad SMARTS) is 1. The zero-order chi connectivity index (χ0) is 13.9. The van der Waals surface area contributed by atoms with Gasteiger partial charge in [-0.25, -0.2) is 13.6 Å². The molecule has 1 atom stereocenters. The average Bonchev–Trinajstić information content (AvgIpc) is 2.31. The Morgan fingerprint density at radius 1 is 1.39 bits per heavy atom. The molecule has 0 saturated carbocycles. The standard InChI is InChI=1S/C11H12F2N2O3/c1-2-8(14)10(16)15-9-4-7(13)6(12)3-5(9)11(17)18/h3-4,8H,2,14H2,1H3,(H,15,16)(H,17,18)/t8-/m0/s1. The first-order valence-electron chi connectivity index (χ1n) is 5.15. The van der Waals surface area contributed by atoms with Crippen LogP contribution in [0.4, 0.5) is 14.5 Å². The molecule has 4 N–H and O–H groups in total. The van der Waals surface area contributed by atoms with Crippen LogP contribution in [-0.2, 0) is 4.79 Å². The van der Waals surface area contributed by atoms with Gasteiger partial charge in [-0.15, -0.1) is 0 Å². The van der Waals surface area contributed by atoms with Crippen LogP contribution in [-0.4, -0.2) is 23.0 Å². The van der Waals surface area contributed by atoms with E-state index in [4.69, 9.17) is 10.8 Å². The molecular weight excluding hydrogens is 246 g/mol. The number of hydrogen-bond donors (Lipinski definition) is 3. The first kappa shape index (κ1) is 14.0. The molecule has 0 saturated heterocycles. The number of nitrogens with one attached hydrogen (secondary N) is 1. The second-order valence-electron chi connectivity index (χ2n) is 3.62. The second kappa shape index (κ2) is 5.54. The van der Waals surface area contributed by atoms with Gasteiger partial charge in [0.25, 0.3) is 0 Å². The minimum Gasteiger partial charge on any atom is -0.478 e. The molecule has 18 heavy (non-hydrogen) atoms. The Bertz CT molecular complexity index is 491. The van der Waals surface area contributed by atoms with E-state index in [1.807, 2.05) is 0 Å². The van der Waals surface area contributed by atoms with Crippen molar-refractivity contribution in [2.45, 2.75) is 19.4 Å². The van der Waals surface area contributed by atoms with Crippen molar-refractivity contribution in [1.29, 1.82) is 0 Å². The molecule has 0 heterocycles. The fourth-order valence-corrected chi connectivity index (χ4v) is 1.24. The maximum atomic E-state index is 13.0. The molecule has 0 bridgehead atoms. The molecular formula is C11H12F2N2O3. The van der Waals surface area contributed by atoms with E-state index in [1.165, 1.54) is 0 Å². The minimum atomic E-state index is -1.48. The van der Waals surface area contributed by atoms with Gasteiger partial charge < -0.3 is 16.2 Å². The van der Waals surface area contributed by atoms with Crippen LogP contribution in [0.15, 0.2) is 12.1 Å². The van der Waals surface area contributed by atoms with E-state index in [2.05, 4.69) is 5.32 Å². The van der Waals surface area contributed by atoms with Crippen molar-refractivity contribution in [3.8, 4) is 0 Å². The minimum absolute atomic E-state index is 0.324. The largest absolute Gasteiger partial charge is 0.478 e. The zero-order valence-electron chi connectivity index (χ0n) is 9.54. The molecule has 5 nitrogen and oxygen atoms in total. The molecule has 0 radical (unpaired) electrons. The smallest absolute Gasteiger partial charge is 0.337 e. The number of rotatable bonds is 4. The van der Waals surface area contributed by atoms with E-state index < -0.39 is 35.1 Å². The molecule has 0 aliphatic carbocycles. The maximum Gasteiger partial charge on any atom is 0.337 e. The summed E-state index contributed by atoms with van der Waals surface area (Å²) < 4.78 is 25.9. The Hall–Kier alpha value is -2.02. The molecule has 1 rings (SSSR count). The first-order valence-corrected chi connectivity index (χ1v) is 5.15. The summed E-state index contributed by atoms with van der Waals surface area (Å²) in [5.41, 5.74) is 4.57. The molecule has 1 aromatic carbocycles. The number of carboxylic acids is 1. The lowest BCUT2D eigenvalue weighted by Crippen LogP contribution is -2.35. The molecule has 98 valence electrons. The van der Waals surface area contributed by atoms with Gasteiger partial charge in [-0.2, -0.15) is 0 Å². The van der Waals surface area contributed by atoms with Gasteiger partial charge in [0, 0.05) is 6.07 Å². The van der Waals surface area contributed by atoms with E-state index in [-0.39, 0.29) is 5.69 Å². The predicted molar refractivity (Wildman–Crippen MR) is 60.2 cm³/mol. The average molecular weight is 258 g/mol. The van der Waals surface area contributed by atoms with Gasteiger partial charge in [-0.1, -0.05) is 6.92 Å². The molecule has 1 amide bonds. The summed E-state index contributed by atoms with van der Waals surface area (Å²) in [6.45, 7) is 1.66. The summed E-state index contributed by atoms with van der Waals surface area (Å²) in [5.74, 6) is -4.69. The number of benzene rings is 1. The third-order valence-electron chi connectivity index (χ3n) is 2.33. The van der Waals surface area contributed by atoms with Gasteiger partial charge in [-0.3, -0.25) is 4.79 Å². The molecule has 0 aliphatic heterocycles. The number of nitrogens with two attached hydrogens (primary N) is 1. The maximum absolute atomic E-state index is 13.0. The predicted octanol–water partition coefficient (Wildman–Crippen LogP) is 1.34. The van der Waals surface area contributed by atoms with Gasteiger partial charge in [0.1, 0.15) is 0 Å². The lowest BCUT2D eigenvalue weighted by Gasteiger charge is -2.12.